The van der Waals surface area contributed by atoms with Crippen molar-refractivity contribution < 1.29 is 9.26 Å². The molecule has 1 aliphatic carbocycles. The number of thioether (sulfide) groups is 1. The second-order valence-corrected chi connectivity index (χ2v) is 5.38. The molecule has 5 nitrogen and oxygen atoms in total. The van der Waals surface area contributed by atoms with Crippen molar-refractivity contribution in [2.24, 2.45) is 5.73 Å². The molecule has 6 heteroatoms. The van der Waals surface area contributed by atoms with Gasteiger partial charge in [-0.1, -0.05) is 5.16 Å². The molecule has 0 aromatic carbocycles. The summed E-state index contributed by atoms with van der Waals surface area (Å²) in [6, 6.07) is -0.169. The number of methoxy groups -OCH3 is 1. The van der Waals surface area contributed by atoms with Crippen molar-refractivity contribution in [3.63, 3.8) is 0 Å². The van der Waals surface area contributed by atoms with E-state index in [9.17, 15) is 0 Å². The van der Waals surface area contributed by atoms with Gasteiger partial charge in [-0.15, -0.1) is 0 Å². The lowest BCUT2D eigenvalue weighted by Gasteiger charge is -2.37. The molecule has 2 rings (SSSR count). The number of nitrogens with two attached hydrogens (primary N) is 1. The van der Waals surface area contributed by atoms with Crippen LogP contribution in [0.3, 0.4) is 0 Å². The van der Waals surface area contributed by atoms with Gasteiger partial charge >= 0.3 is 0 Å². The summed E-state index contributed by atoms with van der Waals surface area (Å²) in [7, 11) is 1.70. The summed E-state index contributed by atoms with van der Waals surface area (Å²) in [5.41, 5.74) is 5.67. The van der Waals surface area contributed by atoms with Crippen LogP contribution in [0.4, 0.5) is 0 Å². The van der Waals surface area contributed by atoms with Crippen molar-refractivity contribution in [3.05, 3.63) is 11.7 Å². The summed E-state index contributed by atoms with van der Waals surface area (Å²) in [6.07, 6.45) is 5.98. The van der Waals surface area contributed by atoms with E-state index in [1.807, 2.05) is 0 Å². The Labute approximate surface area is 105 Å². The third-order valence-corrected chi connectivity index (χ3v) is 4.00. The Morgan fingerprint density at radius 1 is 1.59 bits per heavy atom. The molecule has 96 valence electrons. The fraction of sp³-hybridized carbons (Fsp3) is 0.818. The first kappa shape index (κ1) is 12.9. The minimum absolute atomic E-state index is 0.169. The average Bonchev–Trinajstić information content (AvgIpc) is 2.75. The topological polar surface area (TPSA) is 74.2 Å². The molecule has 0 spiro atoms. The largest absolute Gasteiger partial charge is 0.370 e. The van der Waals surface area contributed by atoms with E-state index in [-0.39, 0.29) is 11.6 Å². The Morgan fingerprint density at radius 3 is 2.88 bits per heavy atom. The molecule has 1 saturated carbocycles. The first-order valence-corrected chi connectivity index (χ1v) is 7.25. The Morgan fingerprint density at radius 2 is 2.35 bits per heavy atom. The zero-order valence-electron chi connectivity index (χ0n) is 10.3. The van der Waals surface area contributed by atoms with Crippen molar-refractivity contribution in [3.8, 4) is 0 Å². The van der Waals surface area contributed by atoms with E-state index in [0.717, 1.165) is 31.4 Å². The lowest BCUT2D eigenvalue weighted by Crippen LogP contribution is -2.37. The fourth-order valence-electron chi connectivity index (χ4n) is 1.96. The Kier molecular flexibility index (Phi) is 4.06. The van der Waals surface area contributed by atoms with Crippen LogP contribution in [0.1, 0.15) is 43.4 Å². The summed E-state index contributed by atoms with van der Waals surface area (Å²) in [5, 5.41) is 4.01. The minimum atomic E-state index is -0.318. The van der Waals surface area contributed by atoms with Crippen molar-refractivity contribution in [1.82, 2.24) is 10.1 Å². The van der Waals surface area contributed by atoms with Crippen LogP contribution < -0.4 is 5.73 Å². The predicted octanol–water partition coefficient (Wildman–Crippen LogP) is 1.85. The van der Waals surface area contributed by atoms with Crippen LogP contribution in [-0.2, 0) is 10.3 Å². The summed E-state index contributed by atoms with van der Waals surface area (Å²) in [6.45, 7) is 0. The van der Waals surface area contributed by atoms with Crippen LogP contribution in [0.15, 0.2) is 4.52 Å². The van der Waals surface area contributed by atoms with Crippen LogP contribution in [0, 0.1) is 0 Å². The van der Waals surface area contributed by atoms with Crippen LogP contribution in [0.5, 0.6) is 0 Å². The van der Waals surface area contributed by atoms with Gasteiger partial charge in [-0.3, -0.25) is 0 Å². The molecule has 0 radical (unpaired) electrons. The van der Waals surface area contributed by atoms with Crippen molar-refractivity contribution >= 4 is 11.8 Å². The molecule has 0 aliphatic heterocycles. The highest BCUT2D eigenvalue weighted by Crippen LogP contribution is 2.42. The zero-order valence-corrected chi connectivity index (χ0v) is 11.1. The van der Waals surface area contributed by atoms with Crippen molar-refractivity contribution in [2.75, 3.05) is 19.1 Å². The smallest absolute Gasteiger partial charge is 0.243 e. The number of nitrogens with zero attached hydrogens (tertiary/aromatic N) is 2. The summed E-state index contributed by atoms with van der Waals surface area (Å²) >= 11 is 1.76. The van der Waals surface area contributed by atoms with E-state index < -0.39 is 0 Å². The van der Waals surface area contributed by atoms with Crippen molar-refractivity contribution in [2.45, 2.75) is 37.3 Å². The molecule has 0 bridgehead atoms. The maximum atomic E-state index is 5.99. The van der Waals surface area contributed by atoms with Crippen LogP contribution >= 0.6 is 11.8 Å². The second-order valence-electron chi connectivity index (χ2n) is 4.40. The first-order chi connectivity index (χ1) is 8.22. The van der Waals surface area contributed by atoms with E-state index >= 15 is 0 Å². The van der Waals surface area contributed by atoms with Gasteiger partial charge in [0.05, 0.1) is 6.04 Å². The fourth-order valence-corrected chi connectivity index (χ4v) is 2.45. The maximum Gasteiger partial charge on any atom is 0.243 e. The molecule has 1 aromatic rings. The SMILES string of the molecule is COC1(c2noc(C(N)CCSC)n2)CCC1. The van der Waals surface area contributed by atoms with Gasteiger partial charge in [-0.2, -0.15) is 16.7 Å². The van der Waals surface area contributed by atoms with Gasteiger partial charge in [-0.05, 0) is 37.7 Å². The second kappa shape index (κ2) is 5.37. The summed E-state index contributed by atoms with van der Waals surface area (Å²) in [5.74, 6) is 2.17. The molecule has 1 unspecified atom stereocenters. The number of aromatic nitrogens is 2. The Balaban J connectivity index is 2.05. The maximum absolute atomic E-state index is 5.99. The molecule has 0 saturated heterocycles. The van der Waals surface area contributed by atoms with Gasteiger partial charge in [0.15, 0.2) is 0 Å². The molecule has 1 fully saturated rings. The third kappa shape index (κ3) is 2.48. The van der Waals surface area contributed by atoms with E-state index in [4.69, 9.17) is 15.0 Å². The summed E-state index contributed by atoms with van der Waals surface area (Å²) in [4.78, 5) is 4.39. The molecule has 17 heavy (non-hydrogen) atoms. The predicted molar refractivity (Wildman–Crippen MR) is 66.8 cm³/mol. The Bertz CT molecular complexity index is 360. The van der Waals surface area contributed by atoms with Gasteiger partial charge in [0.1, 0.15) is 5.60 Å². The zero-order chi connectivity index (χ0) is 12.3. The summed E-state index contributed by atoms with van der Waals surface area (Å²) < 4.78 is 10.7. The molecular formula is C11H19N3O2S. The average molecular weight is 257 g/mol. The van der Waals surface area contributed by atoms with E-state index in [1.165, 1.54) is 0 Å². The van der Waals surface area contributed by atoms with E-state index in [0.29, 0.717) is 11.7 Å². The van der Waals surface area contributed by atoms with E-state index in [2.05, 4.69) is 16.4 Å². The molecular weight excluding hydrogens is 238 g/mol. The first-order valence-electron chi connectivity index (χ1n) is 5.85. The number of hydrogen-bond acceptors (Lipinski definition) is 6. The van der Waals surface area contributed by atoms with Gasteiger partial charge in [0, 0.05) is 7.11 Å². The van der Waals surface area contributed by atoms with Crippen molar-refractivity contribution in [1.29, 1.82) is 0 Å². The molecule has 1 atom stereocenters. The lowest BCUT2D eigenvalue weighted by atomic mass is 9.79. The van der Waals surface area contributed by atoms with Crippen LogP contribution in [-0.4, -0.2) is 29.3 Å². The minimum Gasteiger partial charge on any atom is -0.370 e. The highest BCUT2D eigenvalue weighted by Gasteiger charge is 2.43. The van der Waals surface area contributed by atoms with Gasteiger partial charge in [0.25, 0.3) is 0 Å². The molecule has 1 heterocycles. The lowest BCUT2D eigenvalue weighted by molar-refractivity contribution is -0.0858. The number of rotatable bonds is 6. The quantitative estimate of drug-likeness (QED) is 0.838. The van der Waals surface area contributed by atoms with E-state index in [1.54, 1.807) is 18.9 Å². The van der Waals surface area contributed by atoms with Crippen LogP contribution in [0.2, 0.25) is 0 Å². The van der Waals surface area contributed by atoms with Gasteiger partial charge < -0.3 is 15.0 Å². The highest BCUT2D eigenvalue weighted by atomic mass is 32.2. The normalized spacial score (nSPS) is 19.9. The molecule has 0 amide bonds. The van der Waals surface area contributed by atoms with Gasteiger partial charge in [0.2, 0.25) is 11.7 Å². The molecule has 1 aromatic heterocycles. The third-order valence-electron chi connectivity index (χ3n) is 3.35. The molecule has 2 N–H and O–H groups in total. The molecule has 1 aliphatic rings. The highest BCUT2D eigenvalue weighted by molar-refractivity contribution is 7.98. The number of ether oxygens (including phenoxy) is 1. The van der Waals surface area contributed by atoms with Crippen LogP contribution in [0.25, 0.3) is 0 Å². The standard InChI is InChI=1S/C11H19N3O2S/c1-15-11(5-3-6-11)10-13-9(16-14-10)8(12)4-7-17-2/h8H,3-7,12H2,1-2H3. The van der Waals surface area contributed by atoms with Gasteiger partial charge in [-0.25, -0.2) is 0 Å². The monoisotopic (exact) mass is 257 g/mol. The Hall–Kier alpha value is -0.590. The number of hydrogen-bond donors (Lipinski definition) is 1.